The minimum atomic E-state index is -0.666. The van der Waals surface area contributed by atoms with Crippen LogP contribution in [0.15, 0.2) is 60.7 Å². The molecule has 1 amide bonds. The first-order valence-corrected chi connectivity index (χ1v) is 6.53. The molecule has 2 aromatic rings. The van der Waals surface area contributed by atoms with E-state index in [1.165, 1.54) is 18.2 Å². The predicted octanol–water partition coefficient (Wildman–Crippen LogP) is 3.24. The zero-order valence-electron chi connectivity index (χ0n) is 11.0. The van der Waals surface area contributed by atoms with Crippen molar-refractivity contribution in [3.63, 3.8) is 0 Å². The summed E-state index contributed by atoms with van der Waals surface area (Å²) < 4.78 is 0. The Bertz CT molecular complexity index is 651. The van der Waals surface area contributed by atoms with Gasteiger partial charge in [-0.3, -0.25) is 4.79 Å². The standard InChI is InChI=1S/C16H12ClNO3/c17-14-9-7-13(8-10-14)16(20)18-21-15(19)11-6-12-4-2-1-3-5-12/h1-11H,(H,18,20)/b11-6+. The normalized spacial score (nSPS) is 10.3. The number of rotatable bonds is 3. The molecule has 0 spiro atoms. The van der Waals surface area contributed by atoms with Crippen LogP contribution >= 0.6 is 11.6 Å². The van der Waals surface area contributed by atoms with E-state index < -0.39 is 11.9 Å². The number of hydrogen-bond acceptors (Lipinski definition) is 3. The van der Waals surface area contributed by atoms with Crippen molar-refractivity contribution in [2.24, 2.45) is 0 Å². The van der Waals surface area contributed by atoms with E-state index in [1.54, 1.807) is 18.2 Å². The Hall–Kier alpha value is -2.59. The van der Waals surface area contributed by atoms with Crippen LogP contribution in [0.1, 0.15) is 15.9 Å². The van der Waals surface area contributed by atoms with Gasteiger partial charge in [-0.1, -0.05) is 41.9 Å². The van der Waals surface area contributed by atoms with Crippen molar-refractivity contribution in [2.75, 3.05) is 0 Å². The number of hydrogen-bond donors (Lipinski definition) is 1. The molecule has 1 N–H and O–H groups in total. The summed E-state index contributed by atoms with van der Waals surface area (Å²) in [6.07, 6.45) is 2.83. The average Bonchev–Trinajstić information content (AvgIpc) is 2.52. The summed E-state index contributed by atoms with van der Waals surface area (Å²) in [7, 11) is 0. The third-order valence-corrected chi connectivity index (χ3v) is 2.81. The van der Waals surface area contributed by atoms with Gasteiger partial charge in [-0.15, -0.1) is 0 Å². The number of carbonyl (C=O) groups excluding carboxylic acids is 2. The molecule has 2 rings (SSSR count). The zero-order valence-corrected chi connectivity index (χ0v) is 11.7. The van der Waals surface area contributed by atoms with Crippen molar-refractivity contribution in [1.29, 1.82) is 0 Å². The summed E-state index contributed by atoms with van der Waals surface area (Å²) in [4.78, 5) is 27.8. The number of carbonyl (C=O) groups is 2. The highest BCUT2D eigenvalue weighted by atomic mass is 35.5. The predicted molar refractivity (Wildman–Crippen MR) is 80.5 cm³/mol. The molecule has 0 radical (unpaired) electrons. The van der Waals surface area contributed by atoms with Gasteiger partial charge in [-0.05, 0) is 35.9 Å². The van der Waals surface area contributed by atoms with Gasteiger partial charge in [0.2, 0.25) is 0 Å². The number of hydroxylamine groups is 1. The monoisotopic (exact) mass is 301 g/mol. The largest absolute Gasteiger partial charge is 0.355 e. The second-order valence-corrected chi connectivity index (χ2v) is 4.54. The summed E-state index contributed by atoms with van der Waals surface area (Å²) in [6, 6.07) is 15.5. The zero-order chi connectivity index (χ0) is 15.1. The molecule has 0 fully saturated rings. The summed E-state index contributed by atoms with van der Waals surface area (Å²) >= 11 is 5.72. The van der Waals surface area contributed by atoms with E-state index in [-0.39, 0.29) is 0 Å². The Morgan fingerprint density at radius 2 is 1.67 bits per heavy atom. The van der Waals surface area contributed by atoms with Crippen LogP contribution in [0.4, 0.5) is 0 Å². The Labute approximate surface area is 127 Å². The van der Waals surface area contributed by atoms with Crippen molar-refractivity contribution >= 4 is 29.6 Å². The van der Waals surface area contributed by atoms with Crippen LogP contribution in [0, 0.1) is 0 Å². The van der Waals surface area contributed by atoms with Crippen LogP contribution in [0.2, 0.25) is 5.02 Å². The van der Waals surface area contributed by atoms with Gasteiger partial charge >= 0.3 is 5.97 Å². The molecule has 0 heterocycles. The quantitative estimate of drug-likeness (QED) is 0.699. The number of amides is 1. The van der Waals surface area contributed by atoms with E-state index in [0.717, 1.165) is 5.56 Å². The number of nitrogens with one attached hydrogen (secondary N) is 1. The van der Waals surface area contributed by atoms with Crippen molar-refractivity contribution in [2.45, 2.75) is 0 Å². The molecular formula is C16H12ClNO3. The maximum atomic E-state index is 11.7. The van der Waals surface area contributed by atoms with Crippen LogP contribution < -0.4 is 5.48 Å². The third kappa shape index (κ3) is 4.78. The maximum Gasteiger partial charge on any atom is 0.355 e. The van der Waals surface area contributed by atoms with Crippen LogP contribution in [0.25, 0.3) is 6.08 Å². The van der Waals surface area contributed by atoms with E-state index >= 15 is 0 Å². The van der Waals surface area contributed by atoms with E-state index in [0.29, 0.717) is 10.6 Å². The number of halogens is 1. The second kappa shape index (κ2) is 7.26. The molecule has 0 saturated heterocycles. The summed E-state index contributed by atoms with van der Waals surface area (Å²) in [6.45, 7) is 0. The lowest BCUT2D eigenvalue weighted by molar-refractivity contribution is -0.142. The van der Waals surface area contributed by atoms with Gasteiger partial charge in [0.25, 0.3) is 5.91 Å². The van der Waals surface area contributed by atoms with Crippen LogP contribution in [0.5, 0.6) is 0 Å². The highest BCUT2D eigenvalue weighted by molar-refractivity contribution is 6.30. The van der Waals surface area contributed by atoms with Gasteiger partial charge in [-0.25, -0.2) is 4.79 Å². The van der Waals surface area contributed by atoms with Gasteiger partial charge in [0.15, 0.2) is 0 Å². The molecule has 5 heteroatoms. The molecular weight excluding hydrogens is 290 g/mol. The Balaban J connectivity index is 1.85. The molecule has 0 unspecified atom stereocenters. The first kappa shape index (κ1) is 14.8. The van der Waals surface area contributed by atoms with Gasteiger partial charge in [-0.2, -0.15) is 5.48 Å². The van der Waals surface area contributed by atoms with E-state index in [1.807, 2.05) is 30.3 Å². The van der Waals surface area contributed by atoms with Crippen LogP contribution in [0.3, 0.4) is 0 Å². The lowest BCUT2D eigenvalue weighted by Crippen LogP contribution is -2.26. The molecule has 0 aliphatic rings. The van der Waals surface area contributed by atoms with E-state index in [2.05, 4.69) is 10.3 Å². The molecule has 0 aromatic heterocycles. The summed E-state index contributed by atoms with van der Waals surface area (Å²) in [5.74, 6) is -1.19. The van der Waals surface area contributed by atoms with Gasteiger partial charge in [0.1, 0.15) is 0 Å². The molecule has 0 aliphatic carbocycles. The molecule has 0 atom stereocenters. The molecule has 0 bridgehead atoms. The van der Waals surface area contributed by atoms with Crippen molar-refractivity contribution in [3.05, 3.63) is 76.8 Å². The first-order valence-electron chi connectivity index (χ1n) is 6.15. The van der Waals surface area contributed by atoms with Crippen molar-refractivity contribution < 1.29 is 14.4 Å². The lowest BCUT2D eigenvalue weighted by atomic mass is 10.2. The summed E-state index contributed by atoms with van der Waals surface area (Å²) in [5.41, 5.74) is 3.28. The fourth-order valence-corrected chi connectivity index (χ4v) is 1.65. The Morgan fingerprint density at radius 3 is 2.33 bits per heavy atom. The van der Waals surface area contributed by atoms with Gasteiger partial charge in [0.05, 0.1) is 0 Å². The maximum absolute atomic E-state index is 11.7. The third-order valence-electron chi connectivity index (χ3n) is 2.56. The lowest BCUT2D eigenvalue weighted by Gasteiger charge is -2.03. The molecule has 4 nitrogen and oxygen atoms in total. The highest BCUT2D eigenvalue weighted by Gasteiger charge is 2.07. The van der Waals surface area contributed by atoms with E-state index in [4.69, 9.17) is 11.6 Å². The average molecular weight is 302 g/mol. The van der Waals surface area contributed by atoms with Gasteiger partial charge < -0.3 is 4.84 Å². The molecule has 0 saturated carbocycles. The summed E-state index contributed by atoms with van der Waals surface area (Å²) in [5, 5.41) is 0.523. The fourth-order valence-electron chi connectivity index (χ4n) is 1.52. The smallest absolute Gasteiger partial charge is 0.336 e. The van der Waals surface area contributed by atoms with Crippen LogP contribution in [-0.4, -0.2) is 11.9 Å². The first-order chi connectivity index (χ1) is 10.1. The SMILES string of the molecule is O=C(/C=C/c1ccccc1)ONC(=O)c1ccc(Cl)cc1. The van der Waals surface area contributed by atoms with E-state index in [9.17, 15) is 9.59 Å². The number of benzene rings is 2. The topological polar surface area (TPSA) is 55.4 Å². The Kier molecular flexibility index (Phi) is 5.12. The van der Waals surface area contributed by atoms with Crippen molar-refractivity contribution in [1.82, 2.24) is 5.48 Å². The minimum absolute atomic E-state index is 0.347. The van der Waals surface area contributed by atoms with Crippen molar-refractivity contribution in [3.8, 4) is 0 Å². The van der Waals surface area contributed by atoms with Crippen LogP contribution in [-0.2, 0) is 9.63 Å². The molecule has 21 heavy (non-hydrogen) atoms. The Morgan fingerprint density at radius 1 is 1.00 bits per heavy atom. The fraction of sp³-hybridized carbons (Fsp3) is 0. The molecule has 106 valence electrons. The second-order valence-electron chi connectivity index (χ2n) is 4.10. The minimum Gasteiger partial charge on any atom is -0.336 e. The highest BCUT2D eigenvalue weighted by Crippen LogP contribution is 2.09. The van der Waals surface area contributed by atoms with Gasteiger partial charge in [0, 0.05) is 16.7 Å². The molecule has 0 aliphatic heterocycles. The molecule has 2 aromatic carbocycles.